The van der Waals surface area contributed by atoms with E-state index in [2.05, 4.69) is 0 Å². The van der Waals surface area contributed by atoms with Gasteiger partial charge in [-0.25, -0.2) is 9.18 Å². The Kier molecular flexibility index (Phi) is 5.15. The molecule has 0 unspecified atom stereocenters. The van der Waals surface area contributed by atoms with Crippen molar-refractivity contribution in [3.8, 4) is 0 Å². The Morgan fingerprint density at radius 2 is 1.73 bits per heavy atom. The molecule has 7 heteroatoms. The number of hydrogen-bond donors (Lipinski definition) is 1. The molecule has 6 nitrogen and oxygen atoms in total. The number of fused-ring (bicyclic) bond motifs is 1. The number of rotatable bonds is 5. The Hall–Kier alpha value is -3.06. The van der Waals surface area contributed by atoms with Crippen molar-refractivity contribution >= 4 is 17.8 Å². The van der Waals surface area contributed by atoms with Crippen LogP contribution in [0.5, 0.6) is 0 Å². The molecule has 30 heavy (non-hydrogen) atoms. The predicted molar refractivity (Wildman–Crippen MR) is 105 cm³/mol. The lowest BCUT2D eigenvalue weighted by Crippen LogP contribution is -2.96. The number of quaternary nitrogens is 1. The number of imide groups is 1. The highest BCUT2D eigenvalue weighted by Crippen LogP contribution is 2.48. The maximum atomic E-state index is 13.5. The summed E-state index contributed by atoms with van der Waals surface area (Å²) in [5, 5.41) is 1.77. The van der Waals surface area contributed by atoms with Gasteiger partial charge >= 0.3 is 5.97 Å². The molecule has 0 radical (unpaired) electrons. The van der Waals surface area contributed by atoms with Crippen molar-refractivity contribution in [3.05, 3.63) is 71.5 Å². The smallest absolute Gasteiger partial charge is 0.373 e. The highest BCUT2D eigenvalue weighted by molar-refractivity contribution is 6.08. The van der Waals surface area contributed by atoms with E-state index in [0.717, 1.165) is 0 Å². The van der Waals surface area contributed by atoms with Crippen LogP contribution in [0.3, 0.4) is 0 Å². The molecular weight excluding hydrogens is 387 g/mol. The SMILES string of the molecule is CCOC(=O)[C@]1(c2ccccc2)[NH2+][C@H](c2ccc(F)cc2)[C@H]2C(=O)N(CC)C(=O)[C@@H]21. The summed E-state index contributed by atoms with van der Waals surface area (Å²) in [4.78, 5) is 41.2. The first-order chi connectivity index (χ1) is 14.5. The summed E-state index contributed by atoms with van der Waals surface area (Å²) in [6.07, 6.45) is 0. The van der Waals surface area contributed by atoms with E-state index in [1.807, 2.05) is 6.07 Å². The summed E-state index contributed by atoms with van der Waals surface area (Å²) >= 11 is 0. The highest BCUT2D eigenvalue weighted by Gasteiger charge is 2.73. The molecule has 2 N–H and O–H groups in total. The zero-order valence-electron chi connectivity index (χ0n) is 16.9. The van der Waals surface area contributed by atoms with E-state index in [9.17, 15) is 18.8 Å². The average molecular weight is 411 g/mol. The molecule has 2 aromatic carbocycles. The third-order valence-corrected chi connectivity index (χ3v) is 6.20. The van der Waals surface area contributed by atoms with E-state index in [4.69, 9.17) is 4.74 Å². The van der Waals surface area contributed by atoms with Gasteiger partial charge in [-0.2, -0.15) is 0 Å². The van der Waals surface area contributed by atoms with Crippen molar-refractivity contribution in [1.29, 1.82) is 0 Å². The number of likely N-dealkylation sites (tertiary alicyclic amines) is 1. The third kappa shape index (κ3) is 2.84. The molecule has 2 saturated heterocycles. The average Bonchev–Trinajstić information content (AvgIpc) is 3.24. The number of carbonyl (C=O) groups is 3. The second kappa shape index (κ2) is 7.65. The van der Waals surface area contributed by atoms with Crippen LogP contribution in [0.2, 0.25) is 0 Å². The predicted octanol–water partition coefficient (Wildman–Crippen LogP) is 1.52. The lowest BCUT2D eigenvalue weighted by Gasteiger charge is -2.30. The normalized spacial score (nSPS) is 28.0. The molecule has 0 aliphatic carbocycles. The first-order valence-electron chi connectivity index (χ1n) is 10.1. The van der Waals surface area contributed by atoms with E-state index >= 15 is 0 Å². The molecule has 2 heterocycles. The topological polar surface area (TPSA) is 80.3 Å². The van der Waals surface area contributed by atoms with Gasteiger partial charge in [0.2, 0.25) is 17.4 Å². The van der Waals surface area contributed by atoms with Crippen LogP contribution in [-0.2, 0) is 24.7 Å². The van der Waals surface area contributed by atoms with E-state index in [1.54, 1.807) is 55.6 Å². The van der Waals surface area contributed by atoms with Gasteiger partial charge in [-0.05, 0) is 26.0 Å². The number of esters is 1. The molecule has 4 rings (SSSR count). The molecule has 2 amide bonds. The van der Waals surface area contributed by atoms with Gasteiger partial charge in [-0.1, -0.05) is 42.5 Å². The molecule has 2 aliphatic heterocycles. The van der Waals surface area contributed by atoms with Crippen LogP contribution in [-0.4, -0.2) is 35.8 Å². The summed E-state index contributed by atoms with van der Waals surface area (Å²) in [7, 11) is 0. The fourth-order valence-electron chi connectivity index (χ4n) is 4.94. The zero-order valence-corrected chi connectivity index (χ0v) is 16.9. The van der Waals surface area contributed by atoms with Gasteiger partial charge in [0.1, 0.15) is 23.7 Å². The zero-order chi connectivity index (χ0) is 21.5. The van der Waals surface area contributed by atoms with Crippen molar-refractivity contribution in [3.63, 3.8) is 0 Å². The summed E-state index contributed by atoms with van der Waals surface area (Å²) < 4.78 is 19.0. The van der Waals surface area contributed by atoms with Crippen molar-refractivity contribution in [2.75, 3.05) is 13.2 Å². The molecular formula is C23H24FN2O4+. The molecule has 2 fully saturated rings. The number of halogens is 1. The molecule has 2 aliphatic rings. The quantitative estimate of drug-likeness (QED) is 0.598. The molecule has 0 aromatic heterocycles. The van der Waals surface area contributed by atoms with Gasteiger partial charge in [0.25, 0.3) is 0 Å². The van der Waals surface area contributed by atoms with Crippen molar-refractivity contribution < 1.29 is 28.8 Å². The Labute approximate surface area is 174 Å². The van der Waals surface area contributed by atoms with Crippen LogP contribution >= 0.6 is 0 Å². The first-order valence-corrected chi connectivity index (χ1v) is 10.1. The number of benzene rings is 2. The minimum atomic E-state index is -1.39. The molecule has 4 atom stereocenters. The van der Waals surface area contributed by atoms with Crippen LogP contribution in [0.4, 0.5) is 4.39 Å². The summed E-state index contributed by atoms with van der Waals surface area (Å²) in [5.41, 5.74) is -0.0905. The number of nitrogens with zero attached hydrogens (tertiary/aromatic N) is 1. The van der Waals surface area contributed by atoms with Gasteiger partial charge in [-0.15, -0.1) is 0 Å². The largest absolute Gasteiger partial charge is 0.461 e. The number of carbonyl (C=O) groups excluding carboxylic acids is 3. The summed E-state index contributed by atoms with van der Waals surface area (Å²) in [6.45, 7) is 3.83. The standard InChI is InChI=1S/C23H23FN2O4/c1-3-26-20(27)17-18(21(26)28)23(22(29)30-4-2,15-8-6-5-7-9-15)25-19(17)14-10-12-16(24)13-11-14/h5-13,17-19,25H,3-4H2,1-2H3/p+1/t17-,18+,19+,23+/m0/s1. The minimum Gasteiger partial charge on any atom is -0.461 e. The van der Waals surface area contributed by atoms with Crippen LogP contribution in [0.25, 0.3) is 0 Å². The van der Waals surface area contributed by atoms with Crippen LogP contribution < -0.4 is 5.32 Å². The van der Waals surface area contributed by atoms with Gasteiger partial charge < -0.3 is 10.1 Å². The minimum absolute atomic E-state index is 0.152. The van der Waals surface area contributed by atoms with E-state index in [-0.39, 0.29) is 25.0 Å². The van der Waals surface area contributed by atoms with Gasteiger partial charge in [0.05, 0.1) is 6.61 Å². The Balaban J connectivity index is 1.93. The molecule has 0 saturated carbocycles. The van der Waals surface area contributed by atoms with Crippen LogP contribution in [0, 0.1) is 17.7 Å². The summed E-state index contributed by atoms with van der Waals surface area (Å²) in [6, 6.07) is 14.3. The Morgan fingerprint density at radius 3 is 2.33 bits per heavy atom. The number of amides is 2. The van der Waals surface area contributed by atoms with E-state index < -0.39 is 35.2 Å². The van der Waals surface area contributed by atoms with Crippen molar-refractivity contribution in [1.82, 2.24) is 4.90 Å². The van der Waals surface area contributed by atoms with Gasteiger partial charge in [-0.3, -0.25) is 14.5 Å². The maximum absolute atomic E-state index is 13.5. The maximum Gasteiger partial charge on any atom is 0.373 e. The molecule has 2 aromatic rings. The highest BCUT2D eigenvalue weighted by atomic mass is 19.1. The second-order valence-corrected chi connectivity index (χ2v) is 7.62. The lowest BCUT2D eigenvalue weighted by molar-refractivity contribution is -0.742. The van der Waals surface area contributed by atoms with Crippen molar-refractivity contribution in [2.24, 2.45) is 11.8 Å². The third-order valence-electron chi connectivity index (χ3n) is 6.20. The summed E-state index contributed by atoms with van der Waals surface area (Å²) in [5.74, 6) is -3.26. The van der Waals surface area contributed by atoms with Gasteiger partial charge in [0, 0.05) is 17.7 Å². The number of nitrogens with two attached hydrogens (primary N) is 1. The Bertz CT molecular complexity index is 978. The Morgan fingerprint density at radius 1 is 1.07 bits per heavy atom. The van der Waals surface area contributed by atoms with E-state index in [0.29, 0.717) is 11.1 Å². The molecule has 0 bridgehead atoms. The van der Waals surface area contributed by atoms with E-state index in [1.165, 1.54) is 17.0 Å². The molecule has 0 spiro atoms. The number of ether oxygens (including phenoxy) is 1. The lowest BCUT2D eigenvalue weighted by atomic mass is 9.75. The fraction of sp³-hybridized carbons (Fsp3) is 0.348. The van der Waals surface area contributed by atoms with Crippen molar-refractivity contribution in [2.45, 2.75) is 25.4 Å². The van der Waals surface area contributed by atoms with Gasteiger partial charge in [0.15, 0.2) is 0 Å². The molecule has 156 valence electrons. The fourth-order valence-corrected chi connectivity index (χ4v) is 4.94. The monoisotopic (exact) mass is 411 g/mol. The first kappa shape index (κ1) is 20.2. The number of hydrogen-bond acceptors (Lipinski definition) is 4. The van der Waals surface area contributed by atoms with Crippen LogP contribution in [0.15, 0.2) is 54.6 Å². The second-order valence-electron chi connectivity index (χ2n) is 7.62. The van der Waals surface area contributed by atoms with Crippen LogP contribution in [0.1, 0.15) is 31.0 Å².